The number of amides is 2. The third kappa shape index (κ3) is 2.79. The Bertz CT molecular complexity index is 556. The molecule has 1 aliphatic rings. The van der Waals surface area contributed by atoms with Gasteiger partial charge in [0.05, 0.1) is 11.3 Å². The molecule has 0 aromatic heterocycles. The number of carbonyl (C=O) groups excluding carboxylic acids is 3. The SMILES string of the molecule is C[C@H](OC(=O)c1ccccc1N1CCCC1=O)C(N)=O. The van der Waals surface area contributed by atoms with Crippen molar-refractivity contribution in [1.29, 1.82) is 0 Å². The standard InChI is InChI=1S/C14H16N2O4/c1-9(13(15)18)20-14(19)10-5-2-3-6-11(10)16-8-4-7-12(16)17/h2-3,5-6,9H,4,7-8H2,1H3,(H2,15,18)/t9-/m0/s1. The van der Waals surface area contributed by atoms with Crippen LogP contribution in [0.2, 0.25) is 0 Å². The third-order valence-electron chi connectivity index (χ3n) is 3.17. The number of nitrogens with two attached hydrogens (primary N) is 1. The fourth-order valence-electron chi connectivity index (χ4n) is 2.07. The van der Waals surface area contributed by atoms with Crippen LogP contribution in [0.25, 0.3) is 0 Å². The predicted molar refractivity (Wildman–Crippen MR) is 72.1 cm³/mol. The van der Waals surface area contributed by atoms with Crippen molar-refractivity contribution < 1.29 is 19.1 Å². The number of primary amides is 1. The lowest BCUT2D eigenvalue weighted by atomic mass is 10.1. The summed E-state index contributed by atoms with van der Waals surface area (Å²) in [6.07, 6.45) is 0.228. The molecular formula is C14H16N2O4. The second-order valence-corrected chi connectivity index (χ2v) is 4.62. The first-order chi connectivity index (χ1) is 9.50. The van der Waals surface area contributed by atoms with Gasteiger partial charge in [0.2, 0.25) is 5.91 Å². The second kappa shape index (κ2) is 5.73. The highest BCUT2D eigenvalue weighted by Gasteiger charge is 2.27. The van der Waals surface area contributed by atoms with Gasteiger partial charge in [0.25, 0.3) is 5.91 Å². The summed E-state index contributed by atoms with van der Waals surface area (Å²) < 4.78 is 4.98. The number of para-hydroxylation sites is 1. The number of ether oxygens (including phenoxy) is 1. The molecular weight excluding hydrogens is 260 g/mol. The zero-order valence-electron chi connectivity index (χ0n) is 11.2. The summed E-state index contributed by atoms with van der Waals surface area (Å²) in [6.45, 7) is 1.98. The molecule has 0 spiro atoms. The Morgan fingerprint density at radius 2 is 2.05 bits per heavy atom. The van der Waals surface area contributed by atoms with Crippen LogP contribution in [0.15, 0.2) is 24.3 Å². The van der Waals surface area contributed by atoms with Gasteiger partial charge < -0.3 is 15.4 Å². The molecule has 0 radical (unpaired) electrons. The van der Waals surface area contributed by atoms with E-state index in [4.69, 9.17) is 10.5 Å². The van der Waals surface area contributed by atoms with E-state index in [1.165, 1.54) is 6.92 Å². The average molecular weight is 276 g/mol. The smallest absolute Gasteiger partial charge is 0.341 e. The maximum Gasteiger partial charge on any atom is 0.341 e. The van der Waals surface area contributed by atoms with Crippen LogP contribution in [0.5, 0.6) is 0 Å². The molecule has 1 aromatic carbocycles. The minimum atomic E-state index is -1.01. The highest BCUT2D eigenvalue weighted by molar-refractivity contribution is 6.04. The molecule has 0 saturated carbocycles. The average Bonchev–Trinajstić information content (AvgIpc) is 2.84. The fourth-order valence-corrected chi connectivity index (χ4v) is 2.07. The molecule has 2 amide bonds. The van der Waals surface area contributed by atoms with Crippen molar-refractivity contribution in [3.8, 4) is 0 Å². The van der Waals surface area contributed by atoms with E-state index in [1.54, 1.807) is 29.2 Å². The molecule has 20 heavy (non-hydrogen) atoms. The molecule has 1 atom stereocenters. The number of anilines is 1. The van der Waals surface area contributed by atoms with E-state index in [1.807, 2.05) is 0 Å². The molecule has 1 fully saturated rings. The molecule has 0 aliphatic carbocycles. The third-order valence-corrected chi connectivity index (χ3v) is 3.17. The van der Waals surface area contributed by atoms with Gasteiger partial charge in [0, 0.05) is 13.0 Å². The van der Waals surface area contributed by atoms with Crippen LogP contribution in [-0.2, 0) is 14.3 Å². The van der Waals surface area contributed by atoms with Gasteiger partial charge in [-0.05, 0) is 25.5 Å². The summed E-state index contributed by atoms with van der Waals surface area (Å²) in [5.74, 6) is -1.40. The molecule has 0 unspecified atom stereocenters. The topological polar surface area (TPSA) is 89.7 Å². The lowest BCUT2D eigenvalue weighted by Gasteiger charge is -2.19. The first-order valence-corrected chi connectivity index (χ1v) is 6.40. The summed E-state index contributed by atoms with van der Waals surface area (Å²) in [6, 6.07) is 6.68. The Morgan fingerprint density at radius 3 is 2.65 bits per heavy atom. The molecule has 2 N–H and O–H groups in total. The van der Waals surface area contributed by atoms with Crippen molar-refractivity contribution in [2.45, 2.75) is 25.9 Å². The monoisotopic (exact) mass is 276 g/mol. The van der Waals surface area contributed by atoms with Gasteiger partial charge in [-0.25, -0.2) is 4.79 Å². The normalized spacial score (nSPS) is 16.1. The highest BCUT2D eigenvalue weighted by atomic mass is 16.5. The summed E-state index contributed by atoms with van der Waals surface area (Å²) in [4.78, 5) is 36.4. The van der Waals surface area contributed by atoms with Crippen molar-refractivity contribution in [2.75, 3.05) is 11.4 Å². The molecule has 1 aromatic rings. The molecule has 1 aliphatic heterocycles. The molecule has 6 heteroatoms. The largest absolute Gasteiger partial charge is 0.449 e. The number of rotatable bonds is 4. The maximum absolute atomic E-state index is 12.1. The molecule has 2 rings (SSSR count). The maximum atomic E-state index is 12.1. The van der Waals surface area contributed by atoms with Crippen molar-refractivity contribution in [2.24, 2.45) is 5.73 Å². The number of esters is 1. The lowest BCUT2D eigenvalue weighted by molar-refractivity contribution is -0.125. The molecule has 6 nitrogen and oxygen atoms in total. The van der Waals surface area contributed by atoms with E-state index in [0.29, 0.717) is 18.7 Å². The number of carbonyl (C=O) groups is 3. The Hall–Kier alpha value is -2.37. The first-order valence-electron chi connectivity index (χ1n) is 6.40. The van der Waals surface area contributed by atoms with E-state index >= 15 is 0 Å². The molecule has 0 bridgehead atoms. The van der Waals surface area contributed by atoms with Gasteiger partial charge in [-0.15, -0.1) is 0 Å². The van der Waals surface area contributed by atoms with Crippen molar-refractivity contribution in [3.63, 3.8) is 0 Å². The second-order valence-electron chi connectivity index (χ2n) is 4.62. The number of hydrogen-bond donors (Lipinski definition) is 1. The van der Waals surface area contributed by atoms with Gasteiger partial charge in [-0.1, -0.05) is 12.1 Å². The van der Waals surface area contributed by atoms with Crippen molar-refractivity contribution >= 4 is 23.5 Å². The Kier molecular flexibility index (Phi) is 4.02. The van der Waals surface area contributed by atoms with Gasteiger partial charge in [0.1, 0.15) is 0 Å². The number of hydrogen-bond acceptors (Lipinski definition) is 4. The minimum absolute atomic E-state index is 0.0202. The van der Waals surface area contributed by atoms with Crippen LogP contribution < -0.4 is 10.6 Å². The zero-order chi connectivity index (χ0) is 14.7. The number of benzene rings is 1. The molecule has 106 valence electrons. The van der Waals surface area contributed by atoms with Crippen molar-refractivity contribution in [3.05, 3.63) is 29.8 Å². The summed E-state index contributed by atoms with van der Waals surface area (Å²) in [5, 5.41) is 0. The van der Waals surface area contributed by atoms with Crippen LogP contribution in [0.3, 0.4) is 0 Å². The first kappa shape index (κ1) is 14.0. The van der Waals surface area contributed by atoms with E-state index in [0.717, 1.165) is 6.42 Å². The quantitative estimate of drug-likeness (QED) is 0.825. The van der Waals surface area contributed by atoms with E-state index in [9.17, 15) is 14.4 Å². The minimum Gasteiger partial charge on any atom is -0.449 e. The summed E-state index contributed by atoms with van der Waals surface area (Å²) in [7, 11) is 0. The van der Waals surface area contributed by atoms with Crippen LogP contribution in [0.1, 0.15) is 30.1 Å². The molecule has 1 saturated heterocycles. The summed E-state index contributed by atoms with van der Waals surface area (Å²) in [5.41, 5.74) is 5.83. The van der Waals surface area contributed by atoms with Crippen LogP contribution in [-0.4, -0.2) is 30.4 Å². The van der Waals surface area contributed by atoms with Crippen LogP contribution >= 0.6 is 0 Å². The van der Waals surface area contributed by atoms with E-state index < -0.39 is 18.0 Å². The highest BCUT2D eigenvalue weighted by Crippen LogP contribution is 2.26. The van der Waals surface area contributed by atoms with E-state index in [2.05, 4.69) is 0 Å². The predicted octanol–water partition coefficient (Wildman–Crippen LogP) is 0.844. The lowest BCUT2D eigenvalue weighted by Crippen LogP contribution is -2.31. The summed E-state index contributed by atoms with van der Waals surface area (Å²) >= 11 is 0. The fraction of sp³-hybridized carbons (Fsp3) is 0.357. The Morgan fingerprint density at radius 1 is 1.35 bits per heavy atom. The van der Waals surface area contributed by atoms with Gasteiger partial charge >= 0.3 is 5.97 Å². The molecule has 1 heterocycles. The zero-order valence-corrected chi connectivity index (χ0v) is 11.2. The van der Waals surface area contributed by atoms with Crippen LogP contribution in [0, 0.1) is 0 Å². The van der Waals surface area contributed by atoms with Gasteiger partial charge in [-0.2, -0.15) is 0 Å². The van der Waals surface area contributed by atoms with Crippen LogP contribution in [0.4, 0.5) is 5.69 Å². The van der Waals surface area contributed by atoms with E-state index in [-0.39, 0.29) is 11.5 Å². The number of nitrogens with zero attached hydrogens (tertiary/aromatic N) is 1. The van der Waals surface area contributed by atoms with Crippen molar-refractivity contribution in [1.82, 2.24) is 0 Å². The Balaban J connectivity index is 2.26. The van der Waals surface area contributed by atoms with Gasteiger partial charge in [0.15, 0.2) is 6.10 Å². The Labute approximate surface area is 116 Å². The van der Waals surface area contributed by atoms with Gasteiger partial charge in [-0.3, -0.25) is 9.59 Å².